The van der Waals surface area contributed by atoms with Gasteiger partial charge in [-0.25, -0.2) is 4.79 Å². The predicted octanol–water partition coefficient (Wildman–Crippen LogP) is 1.25. The topological polar surface area (TPSA) is 64.6 Å². The Morgan fingerprint density at radius 2 is 1.89 bits per heavy atom. The first-order valence-electron chi connectivity index (χ1n) is 5.80. The van der Waals surface area contributed by atoms with Gasteiger partial charge in [-0.15, -0.1) is 0 Å². The largest absolute Gasteiger partial charge is 0.466 e. The van der Waals surface area contributed by atoms with Crippen LogP contribution in [0.2, 0.25) is 0 Å². The smallest absolute Gasteiger partial charge is 0.330 e. The van der Waals surface area contributed by atoms with Crippen molar-refractivity contribution in [1.29, 1.82) is 0 Å². The minimum Gasteiger partial charge on any atom is -0.466 e. The third kappa shape index (κ3) is 5.35. The first-order valence-corrected chi connectivity index (χ1v) is 5.80. The van der Waals surface area contributed by atoms with Gasteiger partial charge in [-0.2, -0.15) is 0 Å². The molecule has 0 aliphatic heterocycles. The highest BCUT2D eigenvalue weighted by Gasteiger charge is 2.03. The molecular weight excluding hydrogens is 246 g/mol. The van der Waals surface area contributed by atoms with Gasteiger partial charge in [0.25, 0.3) is 5.91 Å². The maximum atomic E-state index is 11.7. The van der Waals surface area contributed by atoms with E-state index < -0.39 is 5.97 Å². The molecular formula is C14H17NO4. The molecule has 0 unspecified atom stereocenters. The first-order chi connectivity index (χ1) is 9.17. The summed E-state index contributed by atoms with van der Waals surface area (Å²) in [7, 11) is 2.90. The maximum absolute atomic E-state index is 11.7. The van der Waals surface area contributed by atoms with Crippen molar-refractivity contribution < 1.29 is 19.1 Å². The number of rotatable bonds is 6. The summed E-state index contributed by atoms with van der Waals surface area (Å²) in [5.74, 6) is -0.568. The maximum Gasteiger partial charge on any atom is 0.330 e. The van der Waals surface area contributed by atoms with E-state index >= 15 is 0 Å². The molecule has 0 saturated heterocycles. The van der Waals surface area contributed by atoms with Crippen molar-refractivity contribution >= 4 is 18.0 Å². The van der Waals surface area contributed by atoms with Crippen molar-refractivity contribution in [3.8, 4) is 0 Å². The molecule has 0 fully saturated rings. The normalized spacial score (nSPS) is 10.4. The summed E-state index contributed by atoms with van der Waals surface area (Å²) in [6, 6.07) is 6.90. The molecule has 1 rings (SSSR count). The quantitative estimate of drug-likeness (QED) is 0.476. The summed E-state index contributed by atoms with van der Waals surface area (Å²) in [6.07, 6.45) is 2.95. The van der Waals surface area contributed by atoms with E-state index in [2.05, 4.69) is 10.1 Å². The summed E-state index contributed by atoms with van der Waals surface area (Å²) < 4.78 is 9.33. The zero-order valence-corrected chi connectivity index (χ0v) is 11.0. The standard InChI is InChI=1S/C14H17NO4/c1-18-10-9-15-14(17)12-6-3-11(4-7-12)5-8-13(16)19-2/h3-8H,9-10H2,1-2H3,(H,15,17). The molecule has 19 heavy (non-hydrogen) atoms. The SMILES string of the molecule is COCCNC(=O)c1ccc(C=CC(=O)OC)cc1. The van der Waals surface area contributed by atoms with Crippen LogP contribution in [0, 0.1) is 0 Å². The zero-order chi connectivity index (χ0) is 14.1. The molecule has 0 aromatic heterocycles. The second-order valence-corrected chi connectivity index (χ2v) is 3.73. The van der Waals surface area contributed by atoms with Crippen LogP contribution in [0.25, 0.3) is 6.08 Å². The number of carbonyl (C=O) groups is 2. The van der Waals surface area contributed by atoms with Crippen LogP contribution in [-0.2, 0) is 14.3 Å². The number of carbonyl (C=O) groups excluding carboxylic acids is 2. The van der Waals surface area contributed by atoms with Gasteiger partial charge in [-0.3, -0.25) is 4.79 Å². The van der Waals surface area contributed by atoms with Crippen molar-refractivity contribution in [2.45, 2.75) is 0 Å². The monoisotopic (exact) mass is 263 g/mol. The van der Waals surface area contributed by atoms with Crippen LogP contribution in [-0.4, -0.2) is 39.2 Å². The first kappa shape index (κ1) is 14.9. The summed E-state index contributed by atoms with van der Waals surface area (Å²) in [5.41, 5.74) is 1.38. The average Bonchev–Trinajstić information content (AvgIpc) is 2.45. The number of nitrogens with one attached hydrogen (secondary N) is 1. The molecule has 0 bridgehead atoms. The van der Waals surface area contributed by atoms with Crippen LogP contribution in [0.5, 0.6) is 0 Å². The minimum atomic E-state index is -0.415. The van der Waals surface area contributed by atoms with E-state index in [-0.39, 0.29) is 5.91 Å². The highest BCUT2D eigenvalue weighted by molar-refractivity contribution is 5.94. The second-order valence-electron chi connectivity index (χ2n) is 3.73. The Kier molecular flexibility index (Phi) is 6.32. The molecule has 0 heterocycles. The van der Waals surface area contributed by atoms with Crippen molar-refractivity contribution in [1.82, 2.24) is 5.32 Å². The Labute approximate surface area is 112 Å². The van der Waals surface area contributed by atoms with Gasteiger partial charge in [0, 0.05) is 25.3 Å². The molecule has 1 N–H and O–H groups in total. The van der Waals surface area contributed by atoms with E-state index in [1.54, 1.807) is 37.5 Å². The van der Waals surface area contributed by atoms with Gasteiger partial charge >= 0.3 is 5.97 Å². The number of amides is 1. The van der Waals surface area contributed by atoms with Crippen LogP contribution in [0.1, 0.15) is 15.9 Å². The molecule has 0 atom stereocenters. The molecule has 1 aromatic rings. The Balaban J connectivity index is 2.58. The molecule has 5 nitrogen and oxygen atoms in total. The van der Waals surface area contributed by atoms with E-state index in [4.69, 9.17) is 4.74 Å². The minimum absolute atomic E-state index is 0.152. The van der Waals surface area contributed by atoms with E-state index in [0.717, 1.165) is 5.56 Å². The number of hydrogen-bond donors (Lipinski definition) is 1. The van der Waals surface area contributed by atoms with Gasteiger partial charge in [0.05, 0.1) is 13.7 Å². The van der Waals surface area contributed by atoms with Crippen LogP contribution >= 0.6 is 0 Å². The number of hydrogen-bond acceptors (Lipinski definition) is 4. The zero-order valence-electron chi connectivity index (χ0n) is 11.0. The van der Waals surface area contributed by atoms with Crippen molar-refractivity contribution in [3.63, 3.8) is 0 Å². The molecule has 0 aliphatic rings. The Hall–Kier alpha value is -2.14. The number of methoxy groups -OCH3 is 2. The van der Waals surface area contributed by atoms with Crippen molar-refractivity contribution in [2.75, 3.05) is 27.4 Å². The van der Waals surface area contributed by atoms with E-state index in [1.165, 1.54) is 13.2 Å². The lowest BCUT2D eigenvalue weighted by Gasteiger charge is -2.04. The van der Waals surface area contributed by atoms with Gasteiger partial charge in [0.1, 0.15) is 0 Å². The lowest BCUT2D eigenvalue weighted by molar-refractivity contribution is -0.134. The van der Waals surface area contributed by atoms with Gasteiger partial charge in [-0.1, -0.05) is 12.1 Å². The molecule has 102 valence electrons. The Bertz CT molecular complexity index is 451. The second kappa shape index (κ2) is 8.05. The highest BCUT2D eigenvalue weighted by atomic mass is 16.5. The Morgan fingerprint density at radius 1 is 1.21 bits per heavy atom. The summed E-state index contributed by atoms with van der Waals surface area (Å²) in [6.45, 7) is 0.949. The third-order valence-electron chi connectivity index (χ3n) is 2.38. The fraction of sp³-hybridized carbons (Fsp3) is 0.286. The van der Waals surface area contributed by atoms with Gasteiger partial charge in [0.15, 0.2) is 0 Å². The van der Waals surface area contributed by atoms with E-state index in [1.807, 2.05) is 0 Å². The number of ether oxygens (including phenoxy) is 2. The van der Waals surface area contributed by atoms with Gasteiger partial charge < -0.3 is 14.8 Å². The molecule has 1 amide bonds. The average molecular weight is 263 g/mol. The summed E-state index contributed by atoms with van der Waals surface area (Å²) in [4.78, 5) is 22.6. The fourth-order valence-electron chi connectivity index (χ4n) is 1.35. The number of benzene rings is 1. The summed E-state index contributed by atoms with van der Waals surface area (Å²) in [5, 5.41) is 2.72. The van der Waals surface area contributed by atoms with Gasteiger partial charge in [-0.05, 0) is 23.8 Å². The van der Waals surface area contributed by atoms with E-state index in [9.17, 15) is 9.59 Å². The molecule has 1 aromatic carbocycles. The molecule has 5 heteroatoms. The molecule has 0 aliphatic carbocycles. The lowest BCUT2D eigenvalue weighted by atomic mass is 10.1. The van der Waals surface area contributed by atoms with Crippen LogP contribution < -0.4 is 5.32 Å². The Morgan fingerprint density at radius 3 is 2.47 bits per heavy atom. The third-order valence-corrected chi connectivity index (χ3v) is 2.38. The molecule has 0 radical (unpaired) electrons. The summed E-state index contributed by atoms with van der Waals surface area (Å²) >= 11 is 0. The molecule has 0 spiro atoms. The van der Waals surface area contributed by atoms with Crippen LogP contribution in [0.15, 0.2) is 30.3 Å². The van der Waals surface area contributed by atoms with Gasteiger partial charge in [0.2, 0.25) is 0 Å². The van der Waals surface area contributed by atoms with Crippen LogP contribution in [0.4, 0.5) is 0 Å². The fourth-order valence-corrected chi connectivity index (χ4v) is 1.35. The van der Waals surface area contributed by atoms with Crippen molar-refractivity contribution in [3.05, 3.63) is 41.5 Å². The lowest BCUT2D eigenvalue weighted by Crippen LogP contribution is -2.26. The van der Waals surface area contributed by atoms with Crippen molar-refractivity contribution in [2.24, 2.45) is 0 Å². The van der Waals surface area contributed by atoms with Crippen LogP contribution in [0.3, 0.4) is 0 Å². The highest BCUT2D eigenvalue weighted by Crippen LogP contribution is 2.06. The molecule has 0 saturated carbocycles. The predicted molar refractivity (Wildman–Crippen MR) is 71.7 cm³/mol. The number of esters is 1. The van der Waals surface area contributed by atoms with E-state index in [0.29, 0.717) is 18.7 Å².